The summed E-state index contributed by atoms with van der Waals surface area (Å²) in [5.74, 6) is -2.89. The van der Waals surface area contributed by atoms with Gasteiger partial charge in [0.25, 0.3) is 0 Å². The summed E-state index contributed by atoms with van der Waals surface area (Å²) in [6, 6.07) is 0. The van der Waals surface area contributed by atoms with Gasteiger partial charge in [-0.1, -0.05) is 97.3 Å². The third-order valence-electron chi connectivity index (χ3n) is 4.99. The van der Waals surface area contributed by atoms with Gasteiger partial charge in [-0.2, -0.15) is 0 Å². The Kier molecular flexibility index (Phi) is 21.5. The molecular weight excluding hydrogens is 343 g/mol. The Bertz CT molecular complexity index is 326. The summed E-state index contributed by atoms with van der Waals surface area (Å²) in [6.07, 6.45) is 16.1. The molecule has 0 aliphatic rings. The smallest absolute Gasteiger partial charge is 1.00 e. The van der Waals surface area contributed by atoms with Crippen LogP contribution < -0.4 is 51.4 Å². The normalized spacial score (nSPS) is 12.0. The second kappa shape index (κ2) is 19.3. The maximum absolute atomic E-state index is 10.8. The molecule has 0 bridgehead atoms. The second-order valence-electron chi connectivity index (χ2n) is 7.05. The fraction of sp³-hybridized carbons (Fsp3) is 0.900. The van der Waals surface area contributed by atoms with Crippen molar-refractivity contribution in [1.82, 2.24) is 0 Å². The van der Waals surface area contributed by atoms with Crippen LogP contribution in [0.5, 0.6) is 0 Å². The number of rotatable bonds is 17. The fourth-order valence-electron chi connectivity index (χ4n) is 3.25. The van der Waals surface area contributed by atoms with Gasteiger partial charge in [0.15, 0.2) is 5.92 Å². The monoisotopic (exact) mass is 382 g/mol. The molecule has 0 rings (SSSR count). The number of unbranched alkanes of at least 4 members (excludes halogenated alkanes) is 8. The van der Waals surface area contributed by atoms with E-state index in [1.807, 2.05) is 0 Å². The molecule has 0 radical (unpaired) electrons. The van der Waals surface area contributed by atoms with E-state index >= 15 is 0 Å². The van der Waals surface area contributed by atoms with Crippen LogP contribution in [-0.2, 0) is 9.59 Å². The molecule has 0 aliphatic carbocycles. The van der Waals surface area contributed by atoms with E-state index in [1.165, 1.54) is 64.2 Å². The number of hydrogen-bond donors (Lipinski definition) is 2. The summed E-state index contributed by atoms with van der Waals surface area (Å²) >= 11 is 0. The minimum atomic E-state index is -1.24. The molecule has 0 amide bonds. The van der Waals surface area contributed by atoms with E-state index in [2.05, 4.69) is 13.8 Å². The fourth-order valence-corrected chi connectivity index (χ4v) is 3.25. The van der Waals surface area contributed by atoms with Crippen LogP contribution in [0.3, 0.4) is 0 Å². The minimum absolute atomic E-state index is 0. The first-order chi connectivity index (χ1) is 11.5. The van der Waals surface area contributed by atoms with E-state index in [9.17, 15) is 9.59 Å². The van der Waals surface area contributed by atoms with Crippen molar-refractivity contribution in [3.05, 3.63) is 0 Å². The van der Waals surface area contributed by atoms with E-state index in [-0.39, 0.29) is 59.2 Å². The number of carbonyl (C=O) groups is 2. The third kappa shape index (κ3) is 16.5. The zero-order valence-corrected chi connectivity index (χ0v) is 19.9. The zero-order valence-electron chi connectivity index (χ0n) is 17.8. The van der Waals surface area contributed by atoms with Crippen molar-refractivity contribution in [3.63, 3.8) is 0 Å². The molecule has 0 aromatic carbocycles. The van der Waals surface area contributed by atoms with Crippen LogP contribution in [-0.4, -0.2) is 22.2 Å². The van der Waals surface area contributed by atoms with Crippen molar-refractivity contribution < 1.29 is 72.6 Å². The summed E-state index contributed by atoms with van der Waals surface area (Å²) in [5, 5.41) is 17.7. The summed E-state index contributed by atoms with van der Waals surface area (Å²) in [5.41, 5.74) is 0. The zero-order chi connectivity index (χ0) is 18.2. The Labute approximate surface area is 198 Å². The molecular formula is C20H39KO4. The Morgan fingerprint density at radius 2 is 1.12 bits per heavy atom. The van der Waals surface area contributed by atoms with Crippen LogP contribution >= 0.6 is 0 Å². The molecule has 0 heterocycles. The number of carboxylic acids is 2. The molecule has 0 fully saturated rings. The van der Waals surface area contributed by atoms with Crippen LogP contribution in [0, 0.1) is 11.8 Å². The first kappa shape index (κ1) is 27.8. The van der Waals surface area contributed by atoms with E-state index in [4.69, 9.17) is 10.2 Å². The van der Waals surface area contributed by atoms with Gasteiger partial charge in [-0.3, -0.25) is 9.59 Å². The topological polar surface area (TPSA) is 74.6 Å². The van der Waals surface area contributed by atoms with Crippen LogP contribution in [0.4, 0.5) is 0 Å². The molecule has 25 heavy (non-hydrogen) atoms. The van der Waals surface area contributed by atoms with Crippen molar-refractivity contribution in [2.24, 2.45) is 11.8 Å². The van der Waals surface area contributed by atoms with E-state index in [1.54, 1.807) is 0 Å². The van der Waals surface area contributed by atoms with E-state index < -0.39 is 17.9 Å². The van der Waals surface area contributed by atoms with Gasteiger partial charge in [-0.25, -0.2) is 0 Å². The molecule has 144 valence electrons. The van der Waals surface area contributed by atoms with Crippen LogP contribution in [0.15, 0.2) is 0 Å². The number of hydrogen-bond acceptors (Lipinski definition) is 2. The maximum atomic E-state index is 10.8. The summed E-state index contributed by atoms with van der Waals surface area (Å²) in [4.78, 5) is 21.6. The molecule has 4 nitrogen and oxygen atoms in total. The molecule has 1 unspecified atom stereocenters. The molecule has 0 saturated heterocycles. The SMILES string of the molecule is CCCCCCCCCC(CC)CCCCCC(C(=O)O)C(=O)O.[H-].[K+]. The average Bonchev–Trinajstić information content (AvgIpc) is 2.54. The van der Waals surface area contributed by atoms with Crippen molar-refractivity contribution in [2.75, 3.05) is 0 Å². The van der Waals surface area contributed by atoms with Gasteiger partial charge in [0.05, 0.1) is 0 Å². The summed E-state index contributed by atoms with van der Waals surface area (Å²) in [6.45, 7) is 4.49. The first-order valence-electron chi connectivity index (χ1n) is 9.98. The molecule has 0 aromatic rings. The Morgan fingerprint density at radius 3 is 1.56 bits per heavy atom. The molecule has 0 aliphatic heterocycles. The maximum Gasteiger partial charge on any atom is 1.00 e. The van der Waals surface area contributed by atoms with Gasteiger partial charge >= 0.3 is 63.3 Å². The summed E-state index contributed by atoms with van der Waals surface area (Å²) < 4.78 is 0. The predicted octanol–water partition coefficient (Wildman–Crippen LogP) is 3.01. The number of aliphatic carboxylic acids is 2. The molecule has 0 aromatic heterocycles. The van der Waals surface area contributed by atoms with Gasteiger partial charge in [0.1, 0.15) is 0 Å². The molecule has 0 spiro atoms. The Balaban J connectivity index is -0.00000264. The van der Waals surface area contributed by atoms with Gasteiger partial charge in [0, 0.05) is 0 Å². The predicted molar refractivity (Wildman–Crippen MR) is 99.3 cm³/mol. The largest absolute Gasteiger partial charge is 1.00 e. The van der Waals surface area contributed by atoms with Crippen molar-refractivity contribution in [2.45, 2.75) is 104 Å². The standard InChI is InChI=1S/C20H38O4.K.H/c1-3-5-6-7-8-9-11-14-17(4-2)15-12-10-13-16-18(19(21)22)20(23)24;;/h17-18H,3-16H2,1-2H3,(H,21,22)(H,23,24);;/q;+1;-1. The Hall–Kier alpha value is 0.576. The van der Waals surface area contributed by atoms with Crippen molar-refractivity contribution >= 4 is 11.9 Å². The third-order valence-corrected chi connectivity index (χ3v) is 4.99. The molecule has 5 heteroatoms. The summed E-state index contributed by atoms with van der Waals surface area (Å²) in [7, 11) is 0. The van der Waals surface area contributed by atoms with Crippen LogP contribution in [0.1, 0.15) is 105 Å². The van der Waals surface area contributed by atoms with E-state index in [0.717, 1.165) is 18.8 Å². The van der Waals surface area contributed by atoms with Gasteiger partial charge < -0.3 is 11.6 Å². The quantitative estimate of drug-likeness (QED) is 0.230. The van der Waals surface area contributed by atoms with Gasteiger partial charge in [-0.05, 0) is 12.3 Å². The van der Waals surface area contributed by atoms with Gasteiger partial charge in [0.2, 0.25) is 0 Å². The van der Waals surface area contributed by atoms with Crippen molar-refractivity contribution in [3.8, 4) is 0 Å². The van der Waals surface area contributed by atoms with Crippen LogP contribution in [0.2, 0.25) is 0 Å². The molecule has 2 N–H and O–H groups in total. The van der Waals surface area contributed by atoms with Crippen molar-refractivity contribution in [1.29, 1.82) is 0 Å². The van der Waals surface area contributed by atoms with Gasteiger partial charge in [-0.15, -0.1) is 0 Å². The van der Waals surface area contributed by atoms with E-state index in [0.29, 0.717) is 6.42 Å². The average molecular weight is 383 g/mol. The number of carboxylic acid groups (broad SMARTS) is 2. The second-order valence-corrected chi connectivity index (χ2v) is 7.05. The molecule has 1 atom stereocenters. The molecule has 0 saturated carbocycles. The first-order valence-corrected chi connectivity index (χ1v) is 9.98. The minimum Gasteiger partial charge on any atom is -1.00 e. The Morgan fingerprint density at radius 1 is 0.720 bits per heavy atom. The van der Waals surface area contributed by atoms with Crippen LogP contribution in [0.25, 0.3) is 0 Å².